The molecule has 3 N–H and O–H groups in total. The summed E-state index contributed by atoms with van der Waals surface area (Å²) in [7, 11) is -3.82. The van der Waals surface area contributed by atoms with Gasteiger partial charge in [0.05, 0.1) is 5.69 Å². The molecule has 0 aliphatic carbocycles. The largest absolute Gasteiger partial charge is 0.477 e. The highest BCUT2D eigenvalue weighted by Gasteiger charge is 2.18. The number of aromatic amines is 1. The third kappa shape index (κ3) is 3.20. The van der Waals surface area contributed by atoms with Gasteiger partial charge in [-0.3, -0.25) is 4.72 Å². The lowest BCUT2D eigenvalue weighted by Gasteiger charge is -2.07. The van der Waals surface area contributed by atoms with Crippen LogP contribution in [0.15, 0.2) is 39.8 Å². The number of hydrogen-bond donors (Lipinski definition) is 3. The molecular weight excluding hydrogens is 348 g/mol. The summed E-state index contributed by atoms with van der Waals surface area (Å²) in [6.07, 6.45) is 1.14. The number of carboxylic acid groups (broad SMARTS) is 1. The van der Waals surface area contributed by atoms with Gasteiger partial charge in [-0.2, -0.15) is 0 Å². The molecule has 0 amide bonds. The van der Waals surface area contributed by atoms with Crippen molar-refractivity contribution in [2.24, 2.45) is 0 Å². The smallest absolute Gasteiger partial charge is 0.352 e. The van der Waals surface area contributed by atoms with E-state index >= 15 is 0 Å². The first-order chi connectivity index (χ1) is 9.28. The van der Waals surface area contributed by atoms with Crippen LogP contribution in [0.4, 0.5) is 5.69 Å². The number of benzene rings is 1. The van der Waals surface area contributed by atoms with Gasteiger partial charge in [-0.05, 0) is 36.8 Å². The minimum atomic E-state index is -3.82. The number of nitrogens with one attached hydrogen (secondary N) is 2. The molecule has 8 heteroatoms. The fourth-order valence-electron chi connectivity index (χ4n) is 1.66. The van der Waals surface area contributed by atoms with Gasteiger partial charge in [0.1, 0.15) is 10.6 Å². The van der Waals surface area contributed by atoms with E-state index < -0.39 is 16.0 Å². The van der Waals surface area contributed by atoms with E-state index in [1.807, 2.05) is 13.0 Å². The number of H-pyrrole nitrogens is 1. The Morgan fingerprint density at radius 1 is 1.30 bits per heavy atom. The van der Waals surface area contributed by atoms with E-state index in [-0.39, 0.29) is 10.6 Å². The quantitative estimate of drug-likeness (QED) is 0.781. The minimum Gasteiger partial charge on any atom is -0.477 e. The molecular formula is C12H11BrN2O4S. The summed E-state index contributed by atoms with van der Waals surface area (Å²) in [5.41, 5.74) is 1.10. The van der Waals surface area contributed by atoms with Crippen molar-refractivity contribution in [2.45, 2.75) is 11.8 Å². The van der Waals surface area contributed by atoms with Crippen LogP contribution in [0.1, 0.15) is 16.1 Å². The van der Waals surface area contributed by atoms with E-state index in [1.54, 1.807) is 12.1 Å². The first kappa shape index (κ1) is 14.6. The second-order valence-electron chi connectivity index (χ2n) is 4.18. The Balaban J connectivity index is 2.32. The topological polar surface area (TPSA) is 99.3 Å². The van der Waals surface area contributed by atoms with Crippen molar-refractivity contribution in [3.8, 4) is 0 Å². The summed E-state index contributed by atoms with van der Waals surface area (Å²) in [5.74, 6) is -1.22. The SMILES string of the molecule is Cc1cc(Br)cc(NS(=O)(=O)c2c[nH]c(C(=O)O)c2)c1. The summed E-state index contributed by atoms with van der Waals surface area (Å²) in [6, 6.07) is 6.20. The Kier molecular flexibility index (Phi) is 3.87. The Labute approximate surface area is 124 Å². The van der Waals surface area contributed by atoms with Crippen LogP contribution in [-0.4, -0.2) is 24.5 Å². The summed E-state index contributed by atoms with van der Waals surface area (Å²) < 4.78 is 27.4. The fraction of sp³-hybridized carbons (Fsp3) is 0.0833. The molecule has 2 rings (SSSR count). The Bertz CT molecular complexity index is 747. The Morgan fingerprint density at radius 2 is 2.00 bits per heavy atom. The number of carbonyl (C=O) groups is 1. The first-order valence-corrected chi connectivity index (χ1v) is 7.77. The van der Waals surface area contributed by atoms with Crippen LogP contribution in [0.2, 0.25) is 0 Å². The van der Waals surface area contributed by atoms with Crippen molar-refractivity contribution in [1.82, 2.24) is 4.98 Å². The van der Waals surface area contributed by atoms with Gasteiger partial charge < -0.3 is 10.1 Å². The molecule has 0 unspecified atom stereocenters. The lowest BCUT2D eigenvalue weighted by atomic mass is 10.2. The van der Waals surface area contributed by atoms with Crippen molar-refractivity contribution in [2.75, 3.05) is 4.72 Å². The van der Waals surface area contributed by atoms with Gasteiger partial charge in [-0.15, -0.1) is 0 Å². The number of rotatable bonds is 4. The van der Waals surface area contributed by atoms with Crippen molar-refractivity contribution in [3.05, 3.63) is 46.2 Å². The summed E-state index contributed by atoms with van der Waals surface area (Å²) in [6.45, 7) is 1.83. The lowest BCUT2D eigenvalue weighted by Crippen LogP contribution is -2.12. The van der Waals surface area contributed by atoms with E-state index in [0.29, 0.717) is 5.69 Å². The zero-order chi connectivity index (χ0) is 14.9. The number of aromatic nitrogens is 1. The number of carboxylic acids is 1. The predicted molar refractivity (Wildman–Crippen MR) is 77.4 cm³/mol. The summed E-state index contributed by atoms with van der Waals surface area (Å²) in [4.78, 5) is 13.0. The monoisotopic (exact) mass is 358 g/mol. The summed E-state index contributed by atoms with van der Waals surface area (Å²) in [5, 5.41) is 8.77. The van der Waals surface area contributed by atoms with Crippen molar-refractivity contribution >= 4 is 37.6 Å². The molecule has 1 aromatic carbocycles. The number of sulfonamides is 1. The molecule has 2 aromatic rings. The number of hydrogen-bond acceptors (Lipinski definition) is 3. The zero-order valence-corrected chi connectivity index (χ0v) is 12.7. The molecule has 106 valence electrons. The zero-order valence-electron chi connectivity index (χ0n) is 10.3. The molecule has 0 spiro atoms. The molecule has 0 saturated heterocycles. The van der Waals surface area contributed by atoms with E-state index in [0.717, 1.165) is 22.3 Å². The third-order valence-electron chi connectivity index (χ3n) is 2.49. The molecule has 0 radical (unpaired) electrons. The van der Waals surface area contributed by atoms with Crippen LogP contribution >= 0.6 is 15.9 Å². The van der Waals surface area contributed by atoms with Gasteiger partial charge in [0.2, 0.25) is 0 Å². The number of aromatic carboxylic acids is 1. The molecule has 0 atom stereocenters. The normalized spacial score (nSPS) is 11.3. The van der Waals surface area contributed by atoms with E-state index in [9.17, 15) is 13.2 Å². The van der Waals surface area contributed by atoms with Crippen molar-refractivity contribution in [1.29, 1.82) is 0 Å². The molecule has 0 saturated carbocycles. The van der Waals surface area contributed by atoms with Crippen LogP contribution in [0.25, 0.3) is 0 Å². The van der Waals surface area contributed by atoms with Crippen LogP contribution in [0.3, 0.4) is 0 Å². The van der Waals surface area contributed by atoms with Gasteiger partial charge in [0.25, 0.3) is 10.0 Å². The van der Waals surface area contributed by atoms with Crippen molar-refractivity contribution in [3.63, 3.8) is 0 Å². The Hall–Kier alpha value is -1.80. The lowest BCUT2D eigenvalue weighted by molar-refractivity contribution is 0.0691. The molecule has 20 heavy (non-hydrogen) atoms. The molecule has 0 fully saturated rings. The maximum atomic E-state index is 12.1. The van der Waals surface area contributed by atoms with Crippen LogP contribution in [0, 0.1) is 6.92 Å². The molecule has 1 heterocycles. The van der Waals surface area contributed by atoms with E-state index in [2.05, 4.69) is 25.6 Å². The van der Waals surface area contributed by atoms with Gasteiger partial charge in [-0.1, -0.05) is 15.9 Å². The number of halogens is 1. The maximum Gasteiger partial charge on any atom is 0.352 e. The molecule has 0 aliphatic rings. The van der Waals surface area contributed by atoms with Crippen LogP contribution in [0.5, 0.6) is 0 Å². The number of aryl methyl sites for hydroxylation is 1. The van der Waals surface area contributed by atoms with Gasteiger partial charge >= 0.3 is 5.97 Å². The molecule has 1 aromatic heterocycles. The van der Waals surface area contributed by atoms with Gasteiger partial charge in [-0.25, -0.2) is 13.2 Å². The Morgan fingerprint density at radius 3 is 2.55 bits per heavy atom. The average Bonchev–Trinajstić information content (AvgIpc) is 2.76. The van der Waals surface area contributed by atoms with Crippen LogP contribution in [-0.2, 0) is 10.0 Å². The summed E-state index contributed by atoms with van der Waals surface area (Å²) >= 11 is 3.28. The number of anilines is 1. The van der Waals surface area contributed by atoms with Crippen molar-refractivity contribution < 1.29 is 18.3 Å². The predicted octanol–water partition coefficient (Wildman–Crippen LogP) is 2.58. The van der Waals surface area contributed by atoms with Crippen LogP contribution < -0.4 is 4.72 Å². The average molecular weight is 359 g/mol. The van der Waals surface area contributed by atoms with E-state index in [1.165, 1.54) is 0 Å². The first-order valence-electron chi connectivity index (χ1n) is 5.50. The minimum absolute atomic E-state index is 0.132. The second-order valence-corrected chi connectivity index (χ2v) is 6.78. The van der Waals surface area contributed by atoms with Gasteiger partial charge in [0.15, 0.2) is 0 Å². The second kappa shape index (κ2) is 5.29. The fourth-order valence-corrected chi connectivity index (χ4v) is 3.30. The highest BCUT2D eigenvalue weighted by Crippen LogP contribution is 2.22. The standard InChI is InChI=1S/C12H11BrN2O4S/c1-7-2-8(13)4-9(3-7)15-20(18,19)10-5-11(12(16)17)14-6-10/h2-6,14-15H,1H3,(H,16,17). The highest BCUT2D eigenvalue weighted by atomic mass is 79.9. The molecule has 0 bridgehead atoms. The molecule has 6 nitrogen and oxygen atoms in total. The van der Waals surface area contributed by atoms with Gasteiger partial charge in [0, 0.05) is 10.7 Å². The maximum absolute atomic E-state index is 12.1. The highest BCUT2D eigenvalue weighted by molar-refractivity contribution is 9.10. The third-order valence-corrected chi connectivity index (χ3v) is 4.31. The van der Waals surface area contributed by atoms with E-state index in [4.69, 9.17) is 5.11 Å². The molecule has 0 aliphatic heterocycles.